The molecule has 0 aromatic heterocycles. The predicted octanol–water partition coefficient (Wildman–Crippen LogP) is 4.04. The summed E-state index contributed by atoms with van der Waals surface area (Å²) in [6.45, 7) is 1.68. The molecule has 1 aliphatic heterocycles. The maximum absolute atomic E-state index is 12.7. The van der Waals surface area contributed by atoms with Crippen LogP contribution in [0.4, 0.5) is 0 Å². The fourth-order valence-corrected chi connectivity index (χ4v) is 3.77. The van der Waals surface area contributed by atoms with E-state index < -0.39 is 0 Å². The summed E-state index contributed by atoms with van der Waals surface area (Å²) in [6, 6.07) is 13.8. The van der Waals surface area contributed by atoms with Gasteiger partial charge < -0.3 is 19.5 Å². The van der Waals surface area contributed by atoms with Crippen LogP contribution in [0.1, 0.15) is 44.9 Å². The molecule has 1 atom stereocenters. The second-order valence-electron chi connectivity index (χ2n) is 8.43. The first-order valence-corrected chi connectivity index (χ1v) is 12.3. The van der Waals surface area contributed by atoms with Crippen LogP contribution in [0.15, 0.2) is 54.1 Å². The monoisotopic (exact) mass is 484 g/mol. The fraction of sp³-hybridized carbons (Fsp3) is 0.481. The first-order chi connectivity index (χ1) is 17.2. The van der Waals surface area contributed by atoms with Crippen molar-refractivity contribution in [2.45, 2.75) is 51.2 Å². The molecule has 0 bridgehead atoms. The highest BCUT2D eigenvalue weighted by Crippen LogP contribution is 2.25. The number of hydroxylamine groups is 1. The van der Waals surface area contributed by atoms with E-state index >= 15 is 0 Å². The van der Waals surface area contributed by atoms with Gasteiger partial charge in [-0.25, -0.2) is 10.3 Å². The molecule has 2 N–H and O–H groups in total. The summed E-state index contributed by atoms with van der Waals surface area (Å²) in [5, 5.41) is 4.94. The second kappa shape index (κ2) is 15.1. The Morgan fingerprint density at radius 1 is 1.11 bits per heavy atom. The van der Waals surface area contributed by atoms with Crippen molar-refractivity contribution < 1.29 is 28.6 Å². The summed E-state index contributed by atoms with van der Waals surface area (Å²) in [5.41, 5.74) is 3.03. The van der Waals surface area contributed by atoms with E-state index in [2.05, 4.69) is 10.8 Å². The van der Waals surface area contributed by atoms with Gasteiger partial charge in [-0.05, 0) is 43.6 Å². The van der Waals surface area contributed by atoms with Gasteiger partial charge in [0.05, 0.1) is 12.2 Å². The molecular weight excluding hydrogens is 448 g/mol. The van der Waals surface area contributed by atoms with E-state index in [0.29, 0.717) is 44.6 Å². The largest absolute Gasteiger partial charge is 0.488 e. The lowest BCUT2D eigenvalue weighted by Gasteiger charge is -2.22. The number of carbonyl (C=O) groups excluding carboxylic acids is 2. The standard InChI is InChI=1S/C27H36N2O6/c1-32-19-17-28-27(31)22(20-34-24-14-9-12-21-10-5-6-13-23(21)24)11-3-2-4-15-25(30)29-35-26-16-7-8-18-33-26/h5-6,9-14,26H,2-4,7-8,15-20H2,1H3,(H,28,31)(H,29,30). The lowest BCUT2D eigenvalue weighted by Crippen LogP contribution is -2.32. The van der Waals surface area contributed by atoms with Gasteiger partial charge in [-0.2, -0.15) is 0 Å². The number of carbonyl (C=O) groups is 2. The smallest absolute Gasteiger partial charge is 0.250 e. The van der Waals surface area contributed by atoms with Crippen molar-refractivity contribution in [2.24, 2.45) is 0 Å². The topological polar surface area (TPSA) is 95.1 Å². The van der Waals surface area contributed by atoms with Crippen molar-refractivity contribution in [1.29, 1.82) is 0 Å². The zero-order valence-electron chi connectivity index (χ0n) is 20.4. The van der Waals surface area contributed by atoms with Crippen LogP contribution in [0.3, 0.4) is 0 Å². The van der Waals surface area contributed by atoms with E-state index in [1.165, 1.54) is 0 Å². The van der Waals surface area contributed by atoms with E-state index in [-0.39, 0.29) is 24.7 Å². The van der Waals surface area contributed by atoms with Crippen molar-refractivity contribution in [3.8, 4) is 5.75 Å². The molecule has 2 aromatic rings. The Morgan fingerprint density at radius 3 is 2.80 bits per heavy atom. The number of unbranched alkanes of at least 4 members (excludes halogenated alkanes) is 2. The van der Waals surface area contributed by atoms with Gasteiger partial charge in [-0.15, -0.1) is 0 Å². The van der Waals surface area contributed by atoms with Crippen LogP contribution >= 0.6 is 0 Å². The molecule has 1 saturated heterocycles. The molecular formula is C27H36N2O6. The van der Waals surface area contributed by atoms with E-state index in [9.17, 15) is 9.59 Å². The Balaban J connectivity index is 1.47. The van der Waals surface area contributed by atoms with Crippen molar-refractivity contribution in [3.05, 3.63) is 54.1 Å². The molecule has 1 fully saturated rings. The maximum Gasteiger partial charge on any atom is 0.250 e. The molecule has 8 heteroatoms. The molecule has 8 nitrogen and oxygen atoms in total. The molecule has 2 aromatic carbocycles. The number of methoxy groups -OCH3 is 1. The third-order valence-electron chi connectivity index (χ3n) is 5.71. The molecule has 0 aliphatic carbocycles. The van der Waals surface area contributed by atoms with Gasteiger partial charge >= 0.3 is 0 Å². The van der Waals surface area contributed by atoms with Gasteiger partial charge in [0, 0.05) is 38.5 Å². The average molecular weight is 485 g/mol. The normalized spacial score (nSPS) is 16.1. The van der Waals surface area contributed by atoms with E-state index in [4.69, 9.17) is 19.0 Å². The van der Waals surface area contributed by atoms with E-state index in [1.807, 2.05) is 48.5 Å². The maximum atomic E-state index is 12.7. The summed E-state index contributed by atoms with van der Waals surface area (Å²) < 4.78 is 16.5. The van der Waals surface area contributed by atoms with Crippen molar-refractivity contribution in [2.75, 3.05) is 33.5 Å². The summed E-state index contributed by atoms with van der Waals surface area (Å²) in [5.74, 6) is 0.387. The van der Waals surface area contributed by atoms with Gasteiger partial charge in [-0.1, -0.05) is 42.5 Å². The fourth-order valence-electron chi connectivity index (χ4n) is 3.77. The molecule has 0 saturated carbocycles. The zero-order valence-corrected chi connectivity index (χ0v) is 20.4. The number of amides is 2. The van der Waals surface area contributed by atoms with E-state index in [1.54, 1.807) is 7.11 Å². The lowest BCUT2D eigenvalue weighted by atomic mass is 10.1. The van der Waals surface area contributed by atoms with Gasteiger partial charge in [0.15, 0.2) is 6.29 Å². The number of allylic oxidation sites excluding steroid dienone is 1. The highest BCUT2D eigenvalue weighted by atomic mass is 16.8. The van der Waals surface area contributed by atoms with Crippen LogP contribution in [0, 0.1) is 0 Å². The number of ether oxygens (including phenoxy) is 3. The van der Waals surface area contributed by atoms with Crippen LogP contribution < -0.4 is 15.5 Å². The quantitative estimate of drug-likeness (QED) is 0.239. The van der Waals surface area contributed by atoms with Crippen LogP contribution in [0.25, 0.3) is 10.8 Å². The van der Waals surface area contributed by atoms with Crippen LogP contribution in [-0.4, -0.2) is 51.6 Å². The summed E-state index contributed by atoms with van der Waals surface area (Å²) >= 11 is 0. The molecule has 2 amide bonds. The zero-order chi connectivity index (χ0) is 24.7. The predicted molar refractivity (Wildman–Crippen MR) is 134 cm³/mol. The molecule has 3 rings (SSSR count). The number of hydrogen-bond acceptors (Lipinski definition) is 6. The third kappa shape index (κ3) is 9.32. The highest BCUT2D eigenvalue weighted by Gasteiger charge is 2.15. The molecule has 1 heterocycles. The molecule has 1 unspecified atom stereocenters. The minimum absolute atomic E-state index is 0.155. The minimum Gasteiger partial charge on any atom is -0.488 e. The Bertz CT molecular complexity index is 966. The molecule has 190 valence electrons. The number of fused-ring (bicyclic) bond motifs is 1. The molecule has 0 radical (unpaired) electrons. The molecule has 1 aliphatic rings. The van der Waals surface area contributed by atoms with Crippen molar-refractivity contribution in [3.63, 3.8) is 0 Å². The van der Waals surface area contributed by atoms with Gasteiger partial charge in [-0.3, -0.25) is 9.59 Å². The van der Waals surface area contributed by atoms with Crippen molar-refractivity contribution in [1.82, 2.24) is 10.8 Å². The van der Waals surface area contributed by atoms with Crippen LogP contribution in [0.2, 0.25) is 0 Å². The number of hydrogen-bond donors (Lipinski definition) is 2. The minimum atomic E-state index is -0.350. The molecule has 35 heavy (non-hydrogen) atoms. The number of benzene rings is 2. The Morgan fingerprint density at radius 2 is 1.97 bits per heavy atom. The second-order valence-corrected chi connectivity index (χ2v) is 8.43. The first kappa shape index (κ1) is 26.7. The van der Waals surface area contributed by atoms with Gasteiger partial charge in [0.1, 0.15) is 12.4 Å². The number of nitrogens with one attached hydrogen (secondary N) is 2. The van der Waals surface area contributed by atoms with Crippen LogP contribution in [-0.2, 0) is 23.9 Å². The summed E-state index contributed by atoms with van der Waals surface area (Å²) in [6.07, 6.45) is 6.85. The highest BCUT2D eigenvalue weighted by molar-refractivity contribution is 5.94. The average Bonchev–Trinajstić information content (AvgIpc) is 2.89. The third-order valence-corrected chi connectivity index (χ3v) is 5.71. The van der Waals surface area contributed by atoms with Gasteiger partial charge in [0.25, 0.3) is 0 Å². The van der Waals surface area contributed by atoms with Crippen molar-refractivity contribution >= 4 is 22.6 Å². The first-order valence-electron chi connectivity index (χ1n) is 12.3. The summed E-state index contributed by atoms with van der Waals surface area (Å²) in [7, 11) is 1.59. The summed E-state index contributed by atoms with van der Waals surface area (Å²) in [4.78, 5) is 30.0. The Hall–Kier alpha value is -2.94. The van der Waals surface area contributed by atoms with Crippen LogP contribution in [0.5, 0.6) is 5.75 Å². The molecule has 0 spiro atoms. The lowest BCUT2D eigenvalue weighted by molar-refractivity contribution is -0.200. The number of rotatable bonds is 14. The van der Waals surface area contributed by atoms with Gasteiger partial charge in [0.2, 0.25) is 11.8 Å². The Labute approximate surface area is 206 Å². The SMILES string of the molecule is COCCNC(=O)C(=CCCCCC(=O)NOC1CCCCO1)COc1cccc2ccccc12. The Kier molecular flexibility index (Phi) is 11.5. The van der Waals surface area contributed by atoms with E-state index in [0.717, 1.165) is 42.2 Å².